The number of aromatic nitrogens is 1. The van der Waals surface area contributed by atoms with Crippen molar-refractivity contribution in [2.75, 3.05) is 10.7 Å². The Morgan fingerprint density at radius 3 is 2.84 bits per heavy atom. The maximum Gasteiger partial charge on any atom is 0.259 e. The minimum absolute atomic E-state index is 0.271. The van der Waals surface area contributed by atoms with Crippen LogP contribution in [-0.4, -0.2) is 10.9 Å². The molecule has 2 aromatic rings. The molecule has 1 aromatic carbocycles. The van der Waals surface area contributed by atoms with E-state index in [4.69, 9.17) is 5.84 Å². The monoisotopic (exact) mass is 320 g/mol. The van der Waals surface area contributed by atoms with Crippen molar-refractivity contribution in [2.45, 2.75) is 6.92 Å². The minimum Gasteiger partial charge on any atom is -0.323 e. The van der Waals surface area contributed by atoms with Gasteiger partial charge in [0.2, 0.25) is 0 Å². The smallest absolute Gasteiger partial charge is 0.259 e. The van der Waals surface area contributed by atoms with Gasteiger partial charge in [0.15, 0.2) is 0 Å². The summed E-state index contributed by atoms with van der Waals surface area (Å²) < 4.78 is 0.856. The highest BCUT2D eigenvalue weighted by molar-refractivity contribution is 9.10. The van der Waals surface area contributed by atoms with Crippen molar-refractivity contribution in [3.05, 3.63) is 52.3 Å². The molecule has 1 heterocycles. The van der Waals surface area contributed by atoms with Gasteiger partial charge in [0.05, 0.1) is 16.9 Å². The minimum atomic E-state index is -0.271. The number of amides is 1. The van der Waals surface area contributed by atoms with Crippen molar-refractivity contribution in [1.82, 2.24) is 4.98 Å². The van der Waals surface area contributed by atoms with Crippen LogP contribution in [0.1, 0.15) is 15.9 Å². The number of benzene rings is 1. The molecule has 1 aromatic heterocycles. The number of anilines is 2. The molecule has 0 saturated heterocycles. The van der Waals surface area contributed by atoms with Crippen molar-refractivity contribution >= 4 is 33.2 Å². The highest BCUT2D eigenvalue weighted by Crippen LogP contribution is 2.26. The Morgan fingerprint density at radius 2 is 2.11 bits per heavy atom. The first-order chi connectivity index (χ1) is 9.13. The molecule has 2 rings (SSSR count). The first kappa shape index (κ1) is 13.5. The predicted octanol–water partition coefficient (Wildman–Crippen LogP) is 2.69. The topological polar surface area (TPSA) is 80.0 Å². The quantitative estimate of drug-likeness (QED) is 0.600. The fourth-order valence-corrected chi connectivity index (χ4v) is 2.00. The van der Waals surface area contributed by atoms with Crippen molar-refractivity contribution in [1.29, 1.82) is 0 Å². The van der Waals surface area contributed by atoms with E-state index in [1.165, 1.54) is 6.20 Å². The number of hydrogen-bond donors (Lipinski definition) is 3. The molecule has 5 nitrogen and oxygen atoms in total. The fraction of sp³-hybridized carbons (Fsp3) is 0.0769. The van der Waals surface area contributed by atoms with Crippen molar-refractivity contribution in [3.8, 4) is 0 Å². The third kappa shape index (κ3) is 2.91. The second-order valence-corrected chi connectivity index (χ2v) is 4.75. The maximum absolute atomic E-state index is 12.2. The number of hydrazine groups is 1. The summed E-state index contributed by atoms with van der Waals surface area (Å²) in [6.45, 7) is 1.96. The van der Waals surface area contributed by atoms with Gasteiger partial charge in [-0.05, 0) is 40.5 Å². The Morgan fingerprint density at radius 1 is 1.32 bits per heavy atom. The molecule has 0 spiro atoms. The summed E-state index contributed by atoms with van der Waals surface area (Å²) in [5.41, 5.74) is 5.14. The summed E-state index contributed by atoms with van der Waals surface area (Å²) in [5, 5.41) is 2.82. The van der Waals surface area contributed by atoms with E-state index in [0.717, 1.165) is 10.0 Å². The van der Waals surface area contributed by atoms with E-state index in [1.54, 1.807) is 12.3 Å². The molecular formula is C13H13BrN4O. The number of nitrogens with two attached hydrogens (primary N) is 1. The van der Waals surface area contributed by atoms with Crippen LogP contribution in [0, 0.1) is 6.92 Å². The lowest BCUT2D eigenvalue weighted by Crippen LogP contribution is -2.17. The largest absolute Gasteiger partial charge is 0.323 e. The highest BCUT2D eigenvalue weighted by atomic mass is 79.9. The highest BCUT2D eigenvalue weighted by Gasteiger charge is 2.13. The van der Waals surface area contributed by atoms with Gasteiger partial charge >= 0.3 is 0 Å². The summed E-state index contributed by atoms with van der Waals surface area (Å²) in [4.78, 5) is 16.1. The summed E-state index contributed by atoms with van der Waals surface area (Å²) in [6.07, 6.45) is 3.03. The van der Waals surface area contributed by atoms with Crippen molar-refractivity contribution in [2.24, 2.45) is 5.84 Å². The van der Waals surface area contributed by atoms with Gasteiger partial charge in [-0.2, -0.15) is 0 Å². The predicted molar refractivity (Wildman–Crippen MR) is 78.9 cm³/mol. The number of pyridine rings is 1. The molecule has 0 atom stereocenters. The number of aryl methyl sites for hydroxylation is 1. The van der Waals surface area contributed by atoms with Crippen LogP contribution in [0.2, 0.25) is 0 Å². The average Bonchev–Trinajstić information content (AvgIpc) is 2.43. The maximum atomic E-state index is 12.2. The first-order valence-corrected chi connectivity index (χ1v) is 6.40. The summed E-state index contributed by atoms with van der Waals surface area (Å²) in [5.74, 6) is 5.10. The summed E-state index contributed by atoms with van der Waals surface area (Å²) in [7, 11) is 0. The third-order valence-corrected chi connectivity index (χ3v) is 3.71. The summed E-state index contributed by atoms with van der Waals surface area (Å²) in [6, 6.07) is 7.29. The fourth-order valence-electron chi connectivity index (χ4n) is 1.63. The number of halogens is 1. The van der Waals surface area contributed by atoms with Gasteiger partial charge in [-0.15, -0.1) is 0 Å². The molecule has 19 heavy (non-hydrogen) atoms. The van der Waals surface area contributed by atoms with Gasteiger partial charge in [0.1, 0.15) is 0 Å². The lowest BCUT2D eigenvalue weighted by atomic mass is 10.2. The molecule has 98 valence electrons. The van der Waals surface area contributed by atoms with Gasteiger partial charge in [0, 0.05) is 16.9 Å². The second-order valence-electron chi connectivity index (χ2n) is 3.96. The lowest BCUT2D eigenvalue weighted by molar-refractivity contribution is 0.102. The Kier molecular flexibility index (Phi) is 4.13. The Bertz CT molecular complexity index is 615. The van der Waals surface area contributed by atoms with E-state index in [-0.39, 0.29) is 5.91 Å². The first-order valence-electron chi connectivity index (χ1n) is 5.60. The molecular weight excluding hydrogens is 308 g/mol. The van der Waals surface area contributed by atoms with E-state index in [2.05, 4.69) is 31.7 Å². The van der Waals surface area contributed by atoms with Gasteiger partial charge in [0.25, 0.3) is 5.91 Å². The number of carbonyl (C=O) groups excluding carboxylic acids is 1. The molecule has 0 aliphatic rings. The number of hydrogen-bond acceptors (Lipinski definition) is 4. The standard InChI is InChI=1S/C13H13BrN4O/c1-8-3-2-4-11(12(8)14)17-13(19)9-7-16-6-5-10(9)18-15/h2-7H,15H2,1H3,(H,16,18)(H,17,19). The van der Waals surface area contributed by atoms with Crippen LogP contribution in [0.25, 0.3) is 0 Å². The van der Waals surface area contributed by atoms with Crippen LogP contribution in [0.3, 0.4) is 0 Å². The molecule has 0 radical (unpaired) electrons. The van der Waals surface area contributed by atoms with E-state index >= 15 is 0 Å². The van der Waals surface area contributed by atoms with Crippen LogP contribution in [0.15, 0.2) is 41.1 Å². The van der Waals surface area contributed by atoms with Crippen LogP contribution in [0.5, 0.6) is 0 Å². The van der Waals surface area contributed by atoms with Crippen LogP contribution < -0.4 is 16.6 Å². The van der Waals surface area contributed by atoms with Crippen LogP contribution in [-0.2, 0) is 0 Å². The number of carbonyl (C=O) groups is 1. The third-order valence-electron chi connectivity index (χ3n) is 2.66. The molecule has 0 aliphatic heterocycles. The van der Waals surface area contributed by atoms with E-state index < -0.39 is 0 Å². The summed E-state index contributed by atoms with van der Waals surface area (Å²) >= 11 is 3.45. The average molecular weight is 321 g/mol. The number of nitrogens with zero attached hydrogens (tertiary/aromatic N) is 1. The number of nitrogen functional groups attached to an aromatic ring is 1. The normalized spacial score (nSPS) is 10.1. The molecule has 0 fully saturated rings. The molecule has 0 unspecified atom stereocenters. The molecule has 1 amide bonds. The molecule has 0 aliphatic carbocycles. The Hall–Kier alpha value is -1.92. The zero-order valence-corrected chi connectivity index (χ0v) is 11.9. The van der Waals surface area contributed by atoms with Crippen LogP contribution in [0.4, 0.5) is 11.4 Å². The van der Waals surface area contributed by atoms with Crippen LogP contribution >= 0.6 is 15.9 Å². The Balaban J connectivity index is 2.28. The molecule has 6 heteroatoms. The van der Waals surface area contributed by atoms with Gasteiger partial charge in [-0.3, -0.25) is 15.6 Å². The second kappa shape index (κ2) is 5.81. The van der Waals surface area contributed by atoms with E-state index in [1.807, 2.05) is 25.1 Å². The van der Waals surface area contributed by atoms with Crippen molar-refractivity contribution in [3.63, 3.8) is 0 Å². The molecule has 4 N–H and O–H groups in total. The zero-order chi connectivity index (χ0) is 13.8. The SMILES string of the molecule is Cc1cccc(NC(=O)c2cnccc2NN)c1Br. The van der Waals surface area contributed by atoms with E-state index in [9.17, 15) is 4.79 Å². The zero-order valence-electron chi connectivity index (χ0n) is 10.3. The Labute approximate surface area is 119 Å². The van der Waals surface area contributed by atoms with Crippen molar-refractivity contribution < 1.29 is 4.79 Å². The molecule has 0 saturated carbocycles. The van der Waals surface area contributed by atoms with Gasteiger partial charge in [-0.25, -0.2) is 0 Å². The van der Waals surface area contributed by atoms with Gasteiger partial charge in [-0.1, -0.05) is 12.1 Å². The molecule has 0 bridgehead atoms. The lowest BCUT2D eigenvalue weighted by Gasteiger charge is -2.11. The van der Waals surface area contributed by atoms with Gasteiger partial charge < -0.3 is 10.7 Å². The number of nitrogens with one attached hydrogen (secondary N) is 2. The van der Waals surface area contributed by atoms with E-state index in [0.29, 0.717) is 16.9 Å². The number of rotatable bonds is 3.